The van der Waals surface area contributed by atoms with E-state index < -0.39 is 17.2 Å². The van der Waals surface area contributed by atoms with Gasteiger partial charge < -0.3 is 4.74 Å². The molecule has 0 aliphatic carbocycles. The van der Waals surface area contributed by atoms with Crippen molar-refractivity contribution in [1.82, 2.24) is 0 Å². The van der Waals surface area contributed by atoms with E-state index in [-0.39, 0.29) is 17.8 Å². The molecule has 0 N–H and O–H groups in total. The monoisotopic (exact) mass is 254 g/mol. The van der Waals surface area contributed by atoms with Crippen LogP contribution in [0.1, 0.15) is 31.7 Å². The molecule has 98 valence electrons. The van der Waals surface area contributed by atoms with E-state index in [1.54, 1.807) is 6.92 Å². The van der Waals surface area contributed by atoms with Gasteiger partial charge in [0.05, 0.1) is 0 Å². The van der Waals surface area contributed by atoms with E-state index in [0.29, 0.717) is 13.0 Å². The van der Waals surface area contributed by atoms with Gasteiger partial charge in [0.1, 0.15) is 5.60 Å². The van der Waals surface area contributed by atoms with E-state index in [4.69, 9.17) is 4.74 Å². The first-order chi connectivity index (χ1) is 8.53. The average molecular weight is 254 g/mol. The number of carbonyl (C=O) groups excluding carboxylic acids is 1. The molecule has 1 aliphatic heterocycles. The first-order valence-corrected chi connectivity index (χ1v) is 6.13. The molecule has 1 aliphatic rings. The smallest absolute Gasteiger partial charge is 0.168 e. The van der Waals surface area contributed by atoms with Gasteiger partial charge in [-0.2, -0.15) is 0 Å². The largest absolute Gasteiger partial charge is 0.367 e. The van der Waals surface area contributed by atoms with Crippen LogP contribution < -0.4 is 0 Å². The van der Waals surface area contributed by atoms with Gasteiger partial charge in [0, 0.05) is 13.0 Å². The third kappa shape index (κ3) is 2.58. The number of hydrogen-bond donors (Lipinski definition) is 0. The fourth-order valence-electron chi connectivity index (χ4n) is 2.20. The van der Waals surface area contributed by atoms with E-state index >= 15 is 0 Å². The highest BCUT2D eigenvalue weighted by molar-refractivity contribution is 5.88. The minimum absolute atomic E-state index is 0.0930. The second kappa shape index (κ2) is 5.14. The summed E-state index contributed by atoms with van der Waals surface area (Å²) in [6, 6.07) is 3.88. The van der Waals surface area contributed by atoms with Gasteiger partial charge in [-0.15, -0.1) is 0 Å². The summed E-state index contributed by atoms with van der Waals surface area (Å²) in [5.74, 6) is -2.05. The van der Waals surface area contributed by atoms with Crippen molar-refractivity contribution in [3.63, 3.8) is 0 Å². The van der Waals surface area contributed by atoms with Crippen LogP contribution in [0, 0.1) is 11.6 Å². The van der Waals surface area contributed by atoms with E-state index in [1.165, 1.54) is 12.1 Å². The van der Waals surface area contributed by atoms with Gasteiger partial charge in [0.25, 0.3) is 0 Å². The first-order valence-electron chi connectivity index (χ1n) is 6.13. The fourth-order valence-corrected chi connectivity index (χ4v) is 2.20. The zero-order valence-corrected chi connectivity index (χ0v) is 10.3. The second-order valence-corrected chi connectivity index (χ2v) is 4.85. The van der Waals surface area contributed by atoms with Crippen LogP contribution in [0.3, 0.4) is 0 Å². The summed E-state index contributed by atoms with van der Waals surface area (Å²) in [5.41, 5.74) is -0.757. The predicted octanol–water partition coefficient (Wildman–Crippen LogP) is 3.04. The highest BCUT2D eigenvalue weighted by Gasteiger charge is 2.35. The Morgan fingerprint density at radius 3 is 2.83 bits per heavy atom. The van der Waals surface area contributed by atoms with Crippen molar-refractivity contribution in [3.05, 3.63) is 35.4 Å². The molecule has 0 amide bonds. The normalized spacial score (nSPS) is 23.9. The zero-order valence-electron chi connectivity index (χ0n) is 10.3. The number of halogens is 2. The standard InChI is InChI=1S/C14H16F2O2/c1-14(7-2-3-8-18-14)12(17)9-10-5-4-6-11(15)13(10)16/h4-6H,2-3,7-9H2,1H3. The number of ketones is 1. The van der Waals surface area contributed by atoms with Crippen molar-refractivity contribution in [3.8, 4) is 0 Å². The molecule has 2 nitrogen and oxygen atoms in total. The molecule has 0 saturated carbocycles. The molecule has 1 saturated heterocycles. The number of carbonyl (C=O) groups is 1. The summed E-state index contributed by atoms with van der Waals surface area (Å²) in [6.07, 6.45) is 2.38. The third-order valence-corrected chi connectivity index (χ3v) is 3.44. The van der Waals surface area contributed by atoms with Gasteiger partial charge in [-0.25, -0.2) is 8.78 Å². The molecule has 1 heterocycles. The maximum atomic E-state index is 13.5. The third-order valence-electron chi connectivity index (χ3n) is 3.44. The van der Waals surface area contributed by atoms with Crippen molar-refractivity contribution in [2.24, 2.45) is 0 Å². The predicted molar refractivity (Wildman–Crippen MR) is 63.3 cm³/mol. The summed E-state index contributed by atoms with van der Waals surface area (Å²) in [6.45, 7) is 2.28. The Labute approximate surface area is 105 Å². The van der Waals surface area contributed by atoms with Crippen LogP contribution in [0.2, 0.25) is 0 Å². The van der Waals surface area contributed by atoms with Crippen LogP contribution in [0.5, 0.6) is 0 Å². The molecule has 0 spiro atoms. The summed E-state index contributed by atoms with van der Waals surface area (Å²) >= 11 is 0. The van der Waals surface area contributed by atoms with Crippen LogP contribution in [0.4, 0.5) is 8.78 Å². The summed E-state index contributed by atoms with van der Waals surface area (Å²) in [7, 11) is 0. The Balaban J connectivity index is 2.13. The molecule has 18 heavy (non-hydrogen) atoms. The zero-order chi connectivity index (χ0) is 13.2. The number of rotatable bonds is 3. The summed E-state index contributed by atoms with van der Waals surface area (Å²) < 4.78 is 32.0. The van der Waals surface area contributed by atoms with Crippen molar-refractivity contribution < 1.29 is 18.3 Å². The lowest BCUT2D eigenvalue weighted by Gasteiger charge is -2.32. The van der Waals surface area contributed by atoms with E-state index in [2.05, 4.69) is 0 Å². The maximum absolute atomic E-state index is 13.5. The summed E-state index contributed by atoms with van der Waals surface area (Å²) in [5, 5.41) is 0. The Morgan fingerprint density at radius 2 is 2.17 bits per heavy atom. The van der Waals surface area contributed by atoms with Crippen molar-refractivity contribution >= 4 is 5.78 Å². The molecule has 4 heteroatoms. The number of ether oxygens (including phenoxy) is 1. The lowest BCUT2D eigenvalue weighted by Crippen LogP contribution is -2.42. The summed E-state index contributed by atoms with van der Waals surface area (Å²) in [4.78, 5) is 12.1. The number of benzene rings is 1. The highest BCUT2D eigenvalue weighted by atomic mass is 19.2. The van der Waals surface area contributed by atoms with Gasteiger partial charge in [0.2, 0.25) is 0 Å². The molecule has 1 atom stereocenters. The Hall–Kier alpha value is -1.29. The molecule has 0 bridgehead atoms. The molecular formula is C14H16F2O2. The van der Waals surface area contributed by atoms with Gasteiger partial charge in [-0.1, -0.05) is 12.1 Å². The molecule has 1 fully saturated rings. The SMILES string of the molecule is CC1(C(=O)Cc2cccc(F)c2F)CCCCO1. The van der Waals surface area contributed by atoms with Crippen molar-refractivity contribution in [1.29, 1.82) is 0 Å². The maximum Gasteiger partial charge on any atom is 0.168 e. The quantitative estimate of drug-likeness (QED) is 0.828. The van der Waals surface area contributed by atoms with Crippen LogP contribution in [-0.2, 0) is 16.0 Å². The molecular weight excluding hydrogens is 238 g/mol. The molecule has 1 aromatic carbocycles. The topological polar surface area (TPSA) is 26.3 Å². The van der Waals surface area contributed by atoms with Crippen LogP contribution in [0.25, 0.3) is 0 Å². The van der Waals surface area contributed by atoms with Crippen LogP contribution in [-0.4, -0.2) is 18.0 Å². The lowest BCUT2D eigenvalue weighted by atomic mass is 9.88. The molecule has 1 unspecified atom stereocenters. The Kier molecular flexibility index (Phi) is 3.76. The van der Waals surface area contributed by atoms with E-state index in [1.807, 2.05) is 0 Å². The molecule has 0 aromatic heterocycles. The van der Waals surface area contributed by atoms with Gasteiger partial charge in [-0.3, -0.25) is 4.79 Å². The first kappa shape index (κ1) is 13.1. The number of Topliss-reactive ketones (excluding diaryl/α,β-unsaturated/α-hetero) is 1. The Morgan fingerprint density at radius 1 is 1.39 bits per heavy atom. The fraction of sp³-hybridized carbons (Fsp3) is 0.500. The van der Waals surface area contributed by atoms with Crippen molar-refractivity contribution in [2.75, 3.05) is 6.61 Å². The van der Waals surface area contributed by atoms with Gasteiger partial charge in [-0.05, 0) is 37.8 Å². The average Bonchev–Trinajstić information content (AvgIpc) is 2.36. The van der Waals surface area contributed by atoms with Crippen LogP contribution >= 0.6 is 0 Å². The minimum Gasteiger partial charge on any atom is -0.367 e. The van der Waals surface area contributed by atoms with Gasteiger partial charge >= 0.3 is 0 Å². The minimum atomic E-state index is -0.940. The highest BCUT2D eigenvalue weighted by Crippen LogP contribution is 2.27. The lowest BCUT2D eigenvalue weighted by molar-refractivity contribution is -0.147. The van der Waals surface area contributed by atoms with E-state index in [0.717, 1.165) is 18.9 Å². The van der Waals surface area contributed by atoms with Gasteiger partial charge in [0.15, 0.2) is 17.4 Å². The van der Waals surface area contributed by atoms with Crippen molar-refractivity contribution in [2.45, 2.75) is 38.2 Å². The second-order valence-electron chi connectivity index (χ2n) is 4.85. The molecule has 1 aromatic rings. The number of hydrogen-bond acceptors (Lipinski definition) is 2. The van der Waals surface area contributed by atoms with Crippen LogP contribution in [0.15, 0.2) is 18.2 Å². The molecule has 0 radical (unpaired) electrons. The molecule has 2 rings (SSSR count). The Bertz CT molecular complexity index is 451. The van der Waals surface area contributed by atoms with E-state index in [9.17, 15) is 13.6 Å².